The molecule has 0 saturated heterocycles. The van der Waals surface area contributed by atoms with Crippen molar-refractivity contribution in [3.8, 4) is 0 Å². The quantitative estimate of drug-likeness (QED) is 0.447. The van der Waals surface area contributed by atoms with Crippen LogP contribution in [0, 0.1) is 0 Å². The number of rotatable bonds is 8. The van der Waals surface area contributed by atoms with E-state index in [0.29, 0.717) is 13.1 Å². The van der Waals surface area contributed by atoms with E-state index in [1.54, 1.807) is 25.2 Å². The predicted molar refractivity (Wildman–Crippen MR) is 77.1 cm³/mol. The fourth-order valence-electron chi connectivity index (χ4n) is 1.28. The third-order valence-electron chi connectivity index (χ3n) is 2.26. The maximum atomic E-state index is 11.7. The van der Waals surface area contributed by atoms with Crippen LogP contribution in [0.4, 0.5) is 0 Å². The number of nitrogens with two attached hydrogens (primary N) is 1. The molecule has 0 aliphatic carbocycles. The molecule has 0 heterocycles. The first-order chi connectivity index (χ1) is 9.08. The van der Waals surface area contributed by atoms with Gasteiger partial charge in [0, 0.05) is 24.9 Å². The average molecular weight is 263 g/mol. The van der Waals surface area contributed by atoms with Gasteiger partial charge < -0.3 is 16.4 Å². The van der Waals surface area contributed by atoms with Crippen molar-refractivity contribution in [2.24, 2.45) is 5.73 Å². The van der Waals surface area contributed by atoms with Gasteiger partial charge in [0.15, 0.2) is 0 Å². The lowest BCUT2D eigenvalue weighted by atomic mass is 10.1. The van der Waals surface area contributed by atoms with Crippen LogP contribution < -0.4 is 16.4 Å². The van der Waals surface area contributed by atoms with Crippen molar-refractivity contribution < 1.29 is 9.59 Å². The largest absolute Gasteiger partial charge is 0.404 e. The Morgan fingerprint density at radius 2 is 1.95 bits per heavy atom. The van der Waals surface area contributed by atoms with Gasteiger partial charge in [-0.25, -0.2) is 0 Å². The van der Waals surface area contributed by atoms with Crippen LogP contribution in [0.2, 0.25) is 0 Å². The fraction of sp³-hybridized carbons (Fsp3) is 0.286. The van der Waals surface area contributed by atoms with E-state index >= 15 is 0 Å². The Labute approximate surface area is 113 Å². The molecule has 4 N–H and O–H groups in total. The zero-order valence-corrected chi connectivity index (χ0v) is 11.2. The molecule has 0 aliphatic rings. The zero-order chi connectivity index (χ0) is 14.7. The maximum Gasteiger partial charge on any atom is 0.249 e. The second kappa shape index (κ2) is 9.70. The molecule has 0 spiro atoms. The van der Waals surface area contributed by atoms with E-state index in [9.17, 15) is 9.59 Å². The summed E-state index contributed by atoms with van der Waals surface area (Å²) in [5.74, 6) is -0.606. The summed E-state index contributed by atoms with van der Waals surface area (Å²) < 4.78 is 0. The van der Waals surface area contributed by atoms with Crippen molar-refractivity contribution in [2.45, 2.75) is 13.3 Å². The van der Waals surface area contributed by atoms with E-state index < -0.39 is 0 Å². The van der Waals surface area contributed by atoms with E-state index in [2.05, 4.69) is 23.8 Å². The molecule has 2 amide bonds. The van der Waals surface area contributed by atoms with E-state index in [1.807, 2.05) is 0 Å². The lowest BCUT2D eigenvalue weighted by molar-refractivity contribution is -0.123. The highest BCUT2D eigenvalue weighted by molar-refractivity contribution is 5.98. The Morgan fingerprint density at radius 3 is 2.42 bits per heavy atom. The van der Waals surface area contributed by atoms with Gasteiger partial charge in [-0.15, -0.1) is 0 Å². The van der Waals surface area contributed by atoms with Crippen molar-refractivity contribution in [3.05, 3.63) is 48.7 Å². The Balaban J connectivity index is 4.37. The molecule has 104 valence electrons. The van der Waals surface area contributed by atoms with Gasteiger partial charge in [0.2, 0.25) is 11.8 Å². The summed E-state index contributed by atoms with van der Waals surface area (Å²) in [7, 11) is 0. The normalized spacial score (nSPS) is 11.6. The van der Waals surface area contributed by atoms with E-state index in [1.165, 1.54) is 0 Å². The summed E-state index contributed by atoms with van der Waals surface area (Å²) in [5, 5.41) is 5.27. The van der Waals surface area contributed by atoms with Crippen LogP contribution in [0.15, 0.2) is 48.7 Å². The molecule has 0 unspecified atom stereocenters. The highest BCUT2D eigenvalue weighted by Gasteiger charge is 2.12. The van der Waals surface area contributed by atoms with Gasteiger partial charge in [-0.1, -0.05) is 31.4 Å². The summed E-state index contributed by atoms with van der Waals surface area (Å²) in [6.07, 6.45) is 6.09. The third-order valence-corrected chi connectivity index (χ3v) is 2.26. The van der Waals surface area contributed by atoms with Crippen LogP contribution >= 0.6 is 0 Å². The molecule has 0 bridgehead atoms. The van der Waals surface area contributed by atoms with Gasteiger partial charge in [0.05, 0.1) is 6.42 Å². The third kappa shape index (κ3) is 6.88. The van der Waals surface area contributed by atoms with Crippen molar-refractivity contribution >= 4 is 11.8 Å². The van der Waals surface area contributed by atoms with Crippen molar-refractivity contribution in [3.63, 3.8) is 0 Å². The Kier molecular flexibility index (Phi) is 8.53. The standard InChI is InChI=1S/C14H21N3O2/c1-4-7-11(5-2)10-17-13(18)8-12(9-15)14(19)16-6-3/h4-5,7,9H,1-2,6,8,10,15H2,3H3,(H,16,19)(H,17,18)/b11-7+,12-9-. The molecule has 0 radical (unpaired) electrons. The molecule has 19 heavy (non-hydrogen) atoms. The first-order valence-electron chi connectivity index (χ1n) is 5.98. The number of hydrogen-bond acceptors (Lipinski definition) is 3. The maximum absolute atomic E-state index is 11.7. The SMILES string of the molecule is C=C/C=C(\C=C)CNC(=O)C/C(=C/N)C(=O)NCC. The number of likely N-dealkylation sites (N-methyl/N-ethyl adjacent to an activating group) is 1. The van der Waals surface area contributed by atoms with Crippen LogP contribution in [0.5, 0.6) is 0 Å². The highest BCUT2D eigenvalue weighted by Crippen LogP contribution is 2.01. The zero-order valence-electron chi connectivity index (χ0n) is 11.2. The summed E-state index contributed by atoms with van der Waals surface area (Å²) >= 11 is 0. The smallest absolute Gasteiger partial charge is 0.249 e. The van der Waals surface area contributed by atoms with Gasteiger partial charge in [-0.05, 0) is 12.5 Å². The highest BCUT2D eigenvalue weighted by atomic mass is 16.2. The predicted octanol–water partition coefficient (Wildman–Crippen LogP) is 0.770. The van der Waals surface area contributed by atoms with Crippen LogP contribution in [-0.2, 0) is 9.59 Å². The van der Waals surface area contributed by atoms with E-state index in [0.717, 1.165) is 11.8 Å². The number of carbonyl (C=O) groups is 2. The summed E-state index contributed by atoms with van der Waals surface area (Å²) in [6.45, 7) is 9.81. The fourth-order valence-corrected chi connectivity index (χ4v) is 1.28. The first kappa shape index (κ1) is 16.7. The Morgan fingerprint density at radius 1 is 1.26 bits per heavy atom. The van der Waals surface area contributed by atoms with Crippen molar-refractivity contribution in [1.82, 2.24) is 10.6 Å². The molecule has 5 nitrogen and oxygen atoms in total. The molecule has 0 saturated carbocycles. The van der Waals surface area contributed by atoms with Crippen LogP contribution in [0.3, 0.4) is 0 Å². The number of amides is 2. The summed E-state index contributed by atoms with van der Waals surface area (Å²) in [4.78, 5) is 23.2. The van der Waals surface area contributed by atoms with Gasteiger partial charge in [-0.2, -0.15) is 0 Å². The molecule has 0 aromatic heterocycles. The van der Waals surface area contributed by atoms with Gasteiger partial charge in [0.1, 0.15) is 0 Å². The Bertz CT molecular complexity index is 409. The molecular weight excluding hydrogens is 242 g/mol. The van der Waals surface area contributed by atoms with Crippen LogP contribution in [0.1, 0.15) is 13.3 Å². The number of carbonyl (C=O) groups excluding carboxylic acids is 2. The van der Waals surface area contributed by atoms with Crippen molar-refractivity contribution in [2.75, 3.05) is 13.1 Å². The second-order valence-corrected chi connectivity index (χ2v) is 3.69. The van der Waals surface area contributed by atoms with Gasteiger partial charge in [0.25, 0.3) is 0 Å². The summed E-state index contributed by atoms with van der Waals surface area (Å²) in [5.41, 5.74) is 6.41. The lowest BCUT2D eigenvalue weighted by Gasteiger charge is -2.08. The monoisotopic (exact) mass is 263 g/mol. The molecule has 0 fully saturated rings. The van der Waals surface area contributed by atoms with Crippen LogP contribution in [0.25, 0.3) is 0 Å². The number of nitrogens with one attached hydrogen (secondary N) is 2. The lowest BCUT2D eigenvalue weighted by Crippen LogP contribution is -2.30. The van der Waals surface area contributed by atoms with E-state index in [4.69, 9.17) is 5.73 Å². The number of allylic oxidation sites excluding steroid dienone is 2. The molecule has 0 rings (SSSR count). The van der Waals surface area contributed by atoms with Gasteiger partial charge >= 0.3 is 0 Å². The topological polar surface area (TPSA) is 84.2 Å². The van der Waals surface area contributed by atoms with E-state index in [-0.39, 0.29) is 23.8 Å². The van der Waals surface area contributed by atoms with Crippen LogP contribution in [-0.4, -0.2) is 24.9 Å². The molecule has 0 atom stereocenters. The minimum atomic E-state index is -0.328. The Hall–Kier alpha value is -2.30. The van der Waals surface area contributed by atoms with Gasteiger partial charge in [-0.3, -0.25) is 9.59 Å². The second-order valence-electron chi connectivity index (χ2n) is 3.69. The number of hydrogen-bond donors (Lipinski definition) is 3. The molecule has 5 heteroatoms. The minimum Gasteiger partial charge on any atom is -0.404 e. The molecule has 0 aliphatic heterocycles. The molecule has 0 aromatic rings. The average Bonchev–Trinajstić information content (AvgIpc) is 2.40. The summed E-state index contributed by atoms with van der Waals surface area (Å²) in [6, 6.07) is 0. The molecular formula is C14H21N3O2. The minimum absolute atomic E-state index is 0.0547. The molecule has 0 aromatic carbocycles. The van der Waals surface area contributed by atoms with Crippen molar-refractivity contribution in [1.29, 1.82) is 0 Å². The first-order valence-corrected chi connectivity index (χ1v) is 5.98.